The topological polar surface area (TPSA) is 40.1 Å². The number of hydrogen-bond donors (Lipinski definition) is 1. The van der Waals surface area contributed by atoms with E-state index in [0.717, 1.165) is 64.2 Å². The van der Waals surface area contributed by atoms with Gasteiger partial charge < -0.3 is 15.0 Å². The van der Waals surface area contributed by atoms with Gasteiger partial charge in [-0.2, -0.15) is 11.8 Å². The maximum Gasteiger partial charge on any atom is 0.193 e. The molecule has 3 rings (SSSR count). The molecule has 0 spiro atoms. The number of morpholine rings is 1. The van der Waals surface area contributed by atoms with Crippen LogP contribution in [0.25, 0.3) is 0 Å². The molecule has 2 fully saturated rings. The Balaban J connectivity index is 1.55. The summed E-state index contributed by atoms with van der Waals surface area (Å²) in [5.41, 5.74) is 2.68. The fourth-order valence-corrected chi connectivity index (χ4v) is 4.68. The van der Waals surface area contributed by atoms with Crippen LogP contribution in [0.15, 0.2) is 29.3 Å². The minimum absolute atomic E-state index is 0.286. The summed E-state index contributed by atoms with van der Waals surface area (Å²) in [6, 6.07) is 8.89. The summed E-state index contributed by atoms with van der Waals surface area (Å²) in [5, 5.41) is 3.56. The maximum atomic E-state index is 5.44. The molecule has 26 heavy (non-hydrogen) atoms. The standard InChI is InChI=1S/C20H32N4OS/c1-20(2)16-24(9-12-26-20)19(21-3)22-14-17-5-4-6-18(13-17)15-23-7-10-25-11-8-23/h4-6,13H,7-12,14-16H2,1-3H3,(H,21,22). The van der Waals surface area contributed by atoms with E-state index in [1.54, 1.807) is 0 Å². The van der Waals surface area contributed by atoms with E-state index in [9.17, 15) is 0 Å². The van der Waals surface area contributed by atoms with Crippen molar-refractivity contribution in [3.8, 4) is 0 Å². The third-order valence-corrected chi connectivity index (χ3v) is 6.19. The van der Waals surface area contributed by atoms with Crippen molar-refractivity contribution in [1.82, 2.24) is 15.1 Å². The third kappa shape index (κ3) is 5.63. The van der Waals surface area contributed by atoms with Crippen molar-refractivity contribution < 1.29 is 4.74 Å². The number of thioether (sulfide) groups is 1. The normalized spacial score (nSPS) is 21.7. The molecule has 5 nitrogen and oxygen atoms in total. The molecule has 1 aromatic rings. The first kappa shape index (κ1) is 19.5. The van der Waals surface area contributed by atoms with E-state index in [1.165, 1.54) is 11.1 Å². The Hall–Kier alpha value is -1.24. The van der Waals surface area contributed by atoms with Gasteiger partial charge in [0.25, 0.3) is 0 Å². The van der Waals surface area contributed by atoms with E-state index < -0.39 is 0 Å². The van der Waals surface area contributed by atoms with Gasteiger partial charge in [-0.25, -0.2) is 0 Å². The molecule has 0 amide bonds. The second-order valence-corrected chi connectivity index (χ2v) is 9.44. The highest BCUT2D eigenvalue weighted by Crippen LogP contribution is 2.29. The highest BCUT2D eigenvalue weighted by molar-refractivity contribution is 8.00. The van der Waals surface area contributed by atoms with E-state index in [2.05, 4.69) is 58.2 Å². The lowest BCUT2D eigenvalue weighted by Gasteiger charge is -2.39. The highest BCUT2D eigenvalue weighted by atomic mass is 32.2. The van der Waals surface area contributed by atoms with Gasteiger partial charge >= 0.3 is 0 Å². The van der Waals surface area contributed by atoms with Gasteiger partial charge in [-0.3, -0.25) is 9.89 Å². The number of benzene rings is 1. The van der Waals surface area contributed by atoms with Crippen LogP contribution in [0.5, 0.6) is 0 Å². The van der Waals surface area contributed by atoms with Crippen molar-refractivity contribution in [3.05, 3.63) is 35.4 Å². The van der Waals surface area contributed by atoms with Crippen LogP contribution in [0.4, 0.5) is 0 Å². The quantitative estimate of drug-likeness (QED) is 0.646. The van der Waals surface area contributed by atoms with Crippen LogP contribution >= 0.6 is 11.8 Å². The maximum absolute atomic E-state index is 5.44. The van der Waals surface area contributed by atoms with Gasteiger partial charge in [-0.05, 0) is 25.0 Å². The largest absolute Gasteiger partial charge is 0.379 e. The Morgan fingerprint density at radius 3 is 2.73 bits per heavy atom. The molecule has 2 saturated heterocycles. The summed E-state index contributed by atoms with van der Waals surface area (Å²) in [7, 11) is 1.88. The molecule has 0 unspecified atom stereocenters. The molecule has 0 aromatic heterocycles. The van der Waals surface area contributed by atoms with Gasteiger partial charge in [0.15, 0.2) is 5.96 Å². The lowest BCUT2D eigenvalue weighted by molar-refractivity contribution is 0.0342. The zero-order valence-electron chi connectivity index (χ0n) is 16.3. The fraction of sp³-hybridized carbons (Fsp3) is 0.650. The summed E-state index contributed by atoms with van der Waals surface area (Å²) in [6.07, 6.45) is 0. The average molecular weight is 377 g/mol. The summed E-state index contributed by atoms with van der Waals surface area (Å²) in [4.78, 5) is 9.35. The predicted octanol–water partition coefficient (Wildman–Crippen LogP) is 2.42. The van der Waals surface area contributed by atoms with Gasteiger partial charge in [-0.1, -0.05) is 24.3 Å². The number of ether oxygens (including phenoxy) is 1. The summed E-state index contributed by atoms with van der Waals surface area (Å²) in [6.45, 7) is 12.3. The molecule has 6 heteroatoms. The Morgan fingerprint density at radius 2 is 2.00 bits per heavy atom. The first-order valence-electron chi connectivity index (χ1n) is 9.53. The molecule has 0 saturated carbocycles. The van der Waals surface area contributed by atoms with Crippen molar-refractivity contribution in [2.75, 3.05) is 52.2 Å². The van der Waals surface area contributed by atoms with Gasteiger partial charge in [0.05, 0.1) is 13.2 Å². The second-order valence-electron chi connectivity index (χ2n) is 7.64. The van der Waals surface area contributed by atoms with Crippen LogP contribution in [0.3, 0.4) is 0 Å². The molecule has 144 valence electrons. The summed E-state index contributed by atoms with van der Waals surface area (Å²) >= 11 is 2.05. The molecule has 2 heterocycles. The zero-order chi connectivity index (χ0) is 18.4. The summed E-state index contributed by atoms with van der Waals surface area (Å²) < 4.78 is 5.73. The van der Waals surface area contributed by atoms with E-state index in [-0.39, 0.29) is 4.75 Å². The summed E-state index contributed by atoms with van der Waals surface area (Å²) in [5.74, 6) is 2.17. The number of nitrogens with zero attached hydrogens (tertiary/aromatic N) is 3. The SMILES string of the molecule is CN=C(NCc1cccc(CN2CCOCC2)c1)N1CCSC(C)(C)C1. The van der Waals surface area contributed by atoms with Crippen LogP contribution in [0.2, 0.25) is 0 Å². The average Bonchev–Trinajstić information content (AvgIpc) is 2.63. The Labute approximate surface area is 162 Å². The highest BCUT2D eigenvalue weighted by Gasteiger charge is 2.28. The predicted molar refractivity (Wildman–Crippen MR) is 111 cm³/mol. The Bertz CT molecular complexity index is 614. The lowest BCUT2D eigenvalue weighted by atomic mass is 10.1. The van der Waals surface area contributed by atoms with Crippen LogP contribution in [-0.4, -0.2) is 72.7 Å². The molecule has 0 atom stereocenters. The van der Waals surface area contributed by atoms with Crippen molar-refractivity contribution in [1.29, 1.82) is 0 Å². The van der Waals surface area contributed by atoms with Crippen molar-refractivity contribution >= 4 is 17.7 Å². The first-order chi connectivity index (χ1) is 12.6. The number of rotatable bonds is 4. The molecule has 2 aliphatic rings. The molecule has 1 N–H and O–H groups in total. The number of aliphatic imine (C=N–C) groups is 1. The fourth-order valence-electron chi connectivity index (χ4n) is 3.57. The first-order valence-corrected chi connectivity index (χ1v) is 10.5. The van der Waals surface area contributed by atoms with Gasteiger partial charge in [0.1, 0.15) is 0 Å². The van der Waals surface area contributed by atoms with Gasteiger partial charge in [0.2, 0.25) is 0 Å². The van der Waals surface area contributed by atoms with Crippen LogP contribution in [-0.2, 0) is 17.8 Å². The molecule has 0 bridgehead atoms. The Morgan fingerprint density at radius 1 is 1.23 bits per heavy atom. The molecular formula is C20H32N4OS. The number of hydrogen-bond acceptors (Lipinski definition) is 4. The third-order valence-electron chi connectivity index (χ3n) is 4.89. The lowest BCUT2D eigenvalue weighted by Crippen LogP contribution is -2.50. The molecule has 0 aliphatic carbocycles. The minimum atomic E-state index is 0.286. The number of guanidine groups is 1. The molecule has 2 aliphatic heterocycles. The smallest absolute Gasteiger partial charge is 0.193 e. The molecule has 0 radical (unpaired) electrons. The van der Waals surface area contributed by atoms with E-state index in [0.29, 0.717) is 0 Å². The second kappa shape index (κ2) is 9.11. The van der Waals surface area contributed by atoms with Crippen LogP contribution in [0, 0.1) is 0 Å². The zero-order valence-corrected chi connectivity index (χ0v) is 17.1. The number of nitrogens with one attached hydrogen (secondary N) is 1. The van der Waals surface area contributed by atoms with Crippen molar-refractivity contribution in [2.45, 2.75) is 31.7 Å². The van der Waals surface area contributed by atoms with Gasteiger partial charge in [0, 0.05) is 56.8 Å². The minimum Gasteiger partial charge on any atom is -0.379 e. The van der Waals surface area contributed by atoms with E-state index in [1.807, 2.05) is 18.8 Å². The Kier molecular flexibility index (Phi) is 6.84. The molecular weight excluding hydrogens is 344 g/mol. The van der Waals surface area contributed by atoms with E-state index in [4.69, 9.17) is 4.74 Å². The van der Waals surface area contributed by atoms with Gasteiger partial charge in [-0.15, -0.1) is 0 Å². The van der Waals surface area contributed by atoms with Crippen molar-refractivity contribution in [3.63, 3.8) is 0 Å². The van der Waals surface area contributed by atoms with E-state index >= 15 is 0 Å². The van der Waals surface area contributed by atoms with Crippen molar-refractivity contribution in [2.24, 2.45) is 4.99 Å². The van der Waals surface area contributed by atoms with Crippen LogP contribution < -0.4 is 5.32 Å². The monoisotopic (exact) mass is 376 g/mol. The van der Waals surface area contributed by atoms with Crippen LogP contribution in [0.1, 0.15) is 25.0 Å². The molecule has 1 aromatic carbocycles.